The first-order valence-electron chi connectivity index (χ1n) is 7.10. The number of benzene rings is 2. The molecule has 0 atom stereocenters. The van der Waals surface area contributed by atoms with Crippen LogP contribution in [0.5, 0.6) is 0 Å². The highest BCUT2D eigenvalue weighted by molar-refractivity contribution is 6.02. The van der Waals surface area contributed by atoms with Gasteiger partial charge in [-0.2, -0.15) is 0 Å². The van der Waals surface area contributed by atoms with E-state index in [1.807, 2.05) is 18.2 Å². The third kappa shape index (κ3) is 2.33. The lowest BCUT2D eigenvalue weighted by Crippen LogP contribution is -2.37. The summed E-state index contributed by atoms with van der Waals surface area (Å²) in [4.78, 5) is 4.52. The van der Waals surface area contributed by atoms with Gasteiger partial charge in [0.15, 0.2) is 0 Å². The molecule has 0 saturated carbocycles. The van der Waals surface area contributed by atoms with Gasteiger partial charge in [-0.1, -0.05) is 18.2 Å². The van der Waals surface area contributed by atoms with Crippen LogP contribution in [0.25, 0.3) is 0 Å². The number of nitrogens with one attached hydrogen (secondary N) is 1. The highest BCUT2D eigenvalue weighted by atomic mass is 15.3. The number of rotatable bonds is 2. The van der Waals surface area contributed by atoms with Crippen molar-refractivity contribution < 1.29 is 0 Å². The van der Waals surface area contributed by atoms with Crippen LogP contribution < -0.4 is 15.5 Å². The Morgan fingerprint density at radius 3 is 2.48 bits per heavy atom. The van der Waals surface area contributed by atoms with Crippen molar-refractivity contribution in [1.29, 1.82) is 5.41 Å². The van der Waals surface area contributed by atoms with Gasteiger partial charge in [-0.15, -0.1) is 0 Å². The van der Waals surface area contributed by atoms with Crippen molar-refractivity contribution in [2.75, 3.05) is 29.9 Å². The first-order valence-corrected chi connectivity index (χ1v) is 7.10. The van der Waals surface area contributed by atoms with E-state index in [-0.39, 0.29) is 5.84 Å². The third-order valence-corrected chi connectivity index (χ3v) is 3.98. The van der Waals surface area contributed by atoms with Gasteiger partial charge < -0.3 is 15.5 Å². The van der Waals surface area contributed by atoms with Crippen molar-refractivity contribution in [3.05, 3.63) is 53.6 Å². The van der Waals surface area contributed by atoms with Crippen LogP contribution in [0.3, 0.4) is 0 Å². The minimum atomic E-state index is 0.112. The second-order valence-corrected chi connectivity index (χ2v) is 5.50. The molecule has 0 aliphatic carbocycles. The van der Waals surface area contributed by atoms with E-state index < -0.39 is 0 Å². The molecule has 21 heavy (non-hydrogen) atoms. The van der Waals surface area contributed by atoms with Crippen LogP contribution in [0.2, 0.25) is 0 Å². The summed E-state index contributed by atoms with van der Waals surface area (Å²) in [6, 6.07) is 14.4. The molecule has 1 aliphatic rings. The maximum Gasteiger partial charge on any atom is 0.124 e. The first-order chi connectivity index (χ1) is 10.1. The third-order valence-electron chi connectivity index (χ3n) is 3.98. The van der Waals surface area contributed by atoms with Gasteiger partial charge in [-0.25, -0.2) is 0 Å². The molecular formula is C17H20N4. The Hall–Kier alpha value is -2.49. The van der Waals surface area contributed by atoms with Gasteiger partial charge in [0.1, 0.15) is 5.84 Å². The number of aryl methyl sites for hydroxylation is 1. The number of nitrogen functional groups attached to an aromatic ring is 1. The lowest BCUT2D eigenvalue weighted by molar-refractivity contribution is 0.821. The second-order valence-electron chi connectivity index (χ2n) is 5.50. The Balaban J connectivity index is 2.16. The fraction of sp³-hybridized carbons (Fsp3) is 0.235. The van der Waals surface area contributed by atoms with Crippen molar-refractivity contribution in [3.8, 4) is 0 Å². The van der Waals surface area contributed by atoms with Gasteiger partial charge in [-0.3, -0.25) is 5.41 Å². The molecule has 4 nitrogen and oxygen atoms in total. The van der Waals surface area contributed by atoms with Crippen LogP contribution in [0.4, 0.5) is 17.1 Å². The smallest absolute Gasteiger partial charge is 0.124 e. The summed E-state index contributed by atoms with van der Waals surface area (Å²) in [6.07, 6.45) is 0. The van der Waals surface area contributed by atoms with Crippen molar-refractivity contribution >= 4 is 22.9 Å². The molecule has 0 aromatic heterocycles. The molecule has 0 radical (unpaired) electrons. The minimum absolute atomic E-state index is 0.112. The SMILES string of the molecule is Cc1ccc(C(=N)N)c(N2CCN(C)c3ccccc32)c1. The fourth-order valence-corrected chi connectivity index (χ4v) is 2.85. The molecule has 0 bridgehead atoms. The zero-order valence-corrected chi connectivity index (χ0v) is 12.4. The number of amidine groups is 1. The summed E-state index contributed by atoms with van der Waals surface area (Å²) in [5.74, 6) is 0.112. The van der Waals surface area contributed by atoms with Crippen LogP contribution in [0.15, 0.2) is 42.5 Å². The standard InChI is InChI=1S/C17H20N4/c1-12-7-8-13(17(18)19)16(11-12)21-10-9-20(2)14-5-3-4-6-15(14)21/h3-8,11H,9-10H2,1-2H3,(H3,18,19). The Morgan fingerprint density at radius 1 is 1.05 bits per heavy atom. The Bertz CT molecular complexity index is 693. The van der Waals surface area contributed by atoms with E-state index >= 15 is 0 Å². The maximum absolute atomic E-state index is 7.83. The molecule has 3 N–H and O–H groups in total. The summed E-state index contributed by atoms with van der Waals surface area (Å²) < 4.78 is 0. The number of hydrogen-bond donors (Lipinski definition) is 2. The number of fused-ring (bicyclic) bond motifs is 1. The summed E-state index contributed by atoms with van der Waals surface area (Å²) in [6.45, 7) is 3.90. The fourth-order valence-electron chi connectivity index (χ4n) is 2.85. The Labute approximate surface area is 125 Å². The van der Waals surface area contributed by atoms with E-state index in [0.717, 1.165) is 24.3 Å². The van der Waals surface area contributed by atoms with Gasteiger partial charge in [0, 0.05) is 25.7 Å². The molecule has 0 spiro atoms. The second kappa shape index (κ2) is 5.13. The molecular weight excluding hydrogens is 260 g/mol. The molecule has 1 heterocycles. The number of likely N-dealkylation sites (N-methyl/N-ethyl adjacent to an activating group) is 1. The van der Waals surface area contributed by atoms with Gasteiger partial charge in [0.25, 0.3) is 0 Å². The number of nitrogens with zero attached hydrogens (tertiary/aromatic N) is 2. The summed E-state index contributed by atoms with van der Waals surface area (Å²) >= 11 is 0. The minimum Gasteiger partial charge on any atom is -0.384 e. The maximum atomic E-state index is 7.83. The Morgan fingerprint density at radius 2 is 1.76 bits per heavy atom. The van der Waals surface area contributed by atoms with Crippen LogP contribution in [-0.4, -0.2) is 26.0 Å². The van der Waals surface area contributed by atoms with Crippen molar-refractivity contribution in [2.45, 2.75) is 6.92 Å². The Kier molecular flexibility index (Phi) is 3.29. The topological polar surface area (TPSA) is 56.4 Å². The van der Waals surface area contributed by atoms with Crippen molar-refractivity contribution in [3.63, 3.8) is 0 Å². The van der Waals surface area contributed by atoms with Crippen LogP contribution in [-0.2, 0) is 0 Å². The van der Waals surface area contributed by atoms with E-state index in [1.54, 1.807) is 0 Å². The zero-order chi connectivity index (χ0) is 15.0. The largest absolute Gasteiger partial charge is 0.384 e. The monoisotopic (exact) mass is 280 g/mol. The van der Waals surface area contributed by atoms with E-state index in [9.17, 15) is 0 Å². The van der Waals surface area contributed by atoms with E-state index in [0.29, 0.717) is 0 Å². The summed E-state index contributed by atoms with van der Waals surface area (Å²) in [5.41, 5.74) is 11.1. The van der Waals surface area contributed by atoms with E-state index in [2.05, 4.69) is 48.0 Å². The first kappa shape index (κ1) is 13.5. The predicted octanol–water partition coefficient (Wildman–Crippen LogP) is 2.87. The van der Waals surface area contributed by atoms with Crippen LogP contribution in [0.1, 0.15) is 11.1 Å². The summed E-state index contributed by atoms with van der Waals surface area (Å²) in [5, 5.41) is 7.83. The highest BCUT2D eigenvalue weighted by Gasteiger charge is 2.23. The molecule has 2 aromatic carbocycles. The molecule has 2 aromatic rings. The quantitative estimate of drug-likeness (QED) is 0.657. The van der Waals surface area contributed by atoms with E-state index in [1.165, 1.54) is 16.9 Å². The average Bonchev–Trinajstić information content (AvgIpc) is 2.47. The number of para-hydroxylation sites is 2. The lowest BCUT2D eigenvalue weighted by Gasteiger charge is -2.37. The molecule has 0 amide bonds. The molecule has 1 aliphatic heterocycles. The van der Waals surface area contributed by atoms with Gasteiger partial charge in [0.2, 0.25) is 0 Å². The molecule has 108 valence electrons. The summed E-state index contributed by atoms with van der Waals surface area (Å²) in [7, 11) is 2.11. The van der Waals surface area contributed by atoms with Gasteiger partial charge >= 0.3 is 0 Å². The lowest BCUT2D eigenvalue weighted by atomic mass is 10.1. The van der Waals surface area contributed by atoms with Gasteiger partial charge in [-0.05, 0) is 36.8 Å². The van der Waals surface area contributed by atoms with Crippen LogP contribution in [0, 0.1) is 12.3 Å². The molecule has 3 rings (SSSR count). The normalized spacial score (nSPS) is 14.0. The molecule has 4 heteroatoms. The van der Waals surface area contributed by atoms with Crippen molar-refractivity contribution in [1.82, 2.24) is 0 Å². The number of nitrogens with two attached hydrogens (primary N) is 1. The molecule has 0 fully saturated rings. The van der Waals surface area contributed by atoms with Gasteiger partial charge in [0.05, 0.1) is 17.1 Å². The zero-order valence-electron chi connectivity index (χ0n) is 12.4. The van der Waals surface area contributed by atoms with E-state index in [4.69, 9.17) is 11.1 Å². The average molecular weight is 280 g/mol. The molecule has 0 saturated heterocycles. The van der Waals surface area contributed by atoms with Crippen molar-refractivity contribution in [2.24, 2.45) is 5.73 Å². The predicted molar refractivity (Wildman–Crippen MR) is 88.9 cm³/mol. The highest BCUT2D eigenvalue weighted by Crippen LogP contribution is 2.38. The number of hydrogen-bond acceptors (Lipinski definition) is 3. The molecule has 0 unspecified atom stereocenters. The number of anilines is 3. The van der Waals surface area contributed by atoms with Crippen LogP contribution >= 0.6 is 0 Å².